The predicted molar refractivity (Wildman–Crippen MR) is 62.4 cm³/mol. The first-order chi connectivity index (χ1) is 6.86. The zero-order chi connectivity index (χ0) is 10.2. The topological polar surface area (TPSA) is 29.3 Å². The molecule has 1 heterocycles. The summed E-state index contributed by atoms with van der Waals surface area (Å²) >= 11 is 0. The summed E-state index contributed by atoms with van der Waals surface area (Å²) in [5, 5.41) is 0. The summed E-state index contributed by atoms with van der Waals surface area (Å²) < 4.78 is 0. The van der Waals surface area contributed by atoms with Gasteiger partial charge >= 0.3 is 0 Å². The van der Waals surface area contributed by atoms with Crippen molar-refractivity contribution in [2.24, 2.45) is 11.7 Å². The van der Waals surface area contributed by atoms with E-state index in [1.54, 1.807) is 0 Å². The van der Waals surface area contributed by atoms with E-state index in [2.05, 4.69) is 11.8 Å². The molecule has 84 valence electrons. The van der Waals surface area contributed by atoms with Crippen molar-refractivity contribution in [3.05, 3.63) is 0 Å². The molecule has 1 saturated heterocycles. The predicted octanol–water partition coefficient (Wildman–Crippen LogP) is 2.24. The lowest BCUT2D eigenvalue weighted by atomic mass is 9.97. The lowest BCUT2D eigenvalue weighted by Crippen LogP contribution is -2.21. The van der Waals surface area contributed by atoms with Crippen LogP contribution in [0.5, 0.6) is 0 Å². The third kappa shape index (κ3) is 4.43. The van der Waals surface area contributed by atoms with Crippen LogP contribution in [-0.2, 0) is 0 Å². The maximum absolute atomic E-state index is 5.59. The average molecular weight is 198 g/mol. The molecule has 0 aromatic carbocycles. The van der Waals surface area contributed by atoms with Gasteiger partial charge in [0.05, 0.1) is 0 Å². The van der Waals surface area contributed by atoms with E-state index < -0.39 is 0 Å². The van der Waals surface area contributed by atoms with Crippen molar-refractivity contribution in [2.45, 2.75) is 45.4 Å². The quantitative estimate of drug-likeness (QED) is 0.680. The molecule has 0 radical (unpaired) electrons. The Labute approximate surface area is 88.8 Å². The Morgan fingerprint density at radius 2 is 1.93 bits per heavy atom. The van der Waals surface area contributed by atoms with Crippen molar-refractivity contribution in [2.75, 3.05) is 26.2 Å². The van der Waals surface area contributed by atoms with Crippen LogP contribution in [0.2, 0.25) is 0 Å². The minimum absolute atomic E-state index is 0.863. The Kier molecular flexibility index (Phi) is 6.20. The highest BCUT2D eigenvalue weighted by molar-refractivity contribution is 4.67. The summed E-state index contributed by atoms with van der Waals surface area (Å²) in [5.74, 6) is 0.877. The van der Waals surface area contributed by atoms with Gasteiger partial charge in [0.1, 0.15) is 0 Å². The van der Waals surface area contributed by atoms with Gasteiger partial charge in [-0.15, -0.1) is 0 Å². The van der Waals surface area contributed by atoms with E-state index in [9.17, 15) is 0 Å². The number of hydrogen-bond acceptors (Lipinski definition) is 2. The van der Waals surface area contributed by atoms with Gasteiger partial charge in [0.25, 0.3) is 0 Å². The second-order valence-corrected chi connectivity index (χ2v) is 4.54. The molecule has 2 heteroatoms. The molecule has 1 aliphatic rings. The summed E-state index contributed by atoms with van der Waals surface area (Å²) in [6.07, 6.45) is 8.11. The maximum atomic E-state index is 5.59. The van der Waals surface area contributed by atoms with Crippen molar-refractivity contribution in [3.63, 3.8) is 0 Å². The third-order valence-electron chi connectivity index (χ3n) is 3.44. The van der Waals surface area contributed by atoms with Crippen LogP contribution in [0.1, 0.15) is 45.4 Å². The zero-order valence-corrected chi connectivity index (χ0v) is 9.67. The molecule has 14 heavy (non-hydrogen) atoms. The highest BCUT2D eigenvalue weighted by Gasteiger charge is 2.11. The van der Waals surface area contributed by atoms with Crippen LogP contribution in [0.4, 0.5) is 0 Å². The van der Waals surface area contributed by atoms with E-state index in [0.717, 1.165) is 12.5 Å². The minimum atomic E-state index is 0.863. The molecule has 1 aliphatic heterocycles. The second-order valence-electron chi connectivity index (χ2n) is 4.54. The Hall–Kier alpha value is -0.0800. The summed E-state index contributed by atoms with van der Waals surface area (Å²) in [5.41, 5.74) is 5.59. The monoisotopic (exact) mass is 198 g/mol. The standard InChI is InChI=1S/C12H26N2/c1-2-12(7-8-13)6-5-11-14-9-3-4-10-14/h12H,2-11,13H2,1H3. The summed E-state index contributed by atoms with van der Waals surface area (Å²) in [6, 6.07) is 0. The Morgan fingerprint density at radius 1 is 1.21 bits per heavy atom. The largest absolute Gasteiger partial charge is 0.330 e. The van der Waals surface area contributed by atoms with Crippen LogP contribution in [-0.4, -0.2) is 31.1 Å². The molecule has 1 rings (SSSR count). The molecule has 0 amide bonds. The van der Waals surface area contributed by atoms with Crippen molar-refractivity contribution >= 4 is 0 Å². The van der Waals surface area contributed by atoms with E-state index >= 15 is 0 Å². The lowest BCUT2D eigenvalue weighted by Gasteiger charge is -2.17. The van der Waals surface area contributed by atoms with Crippen LogP contribution < -0.4 is 5.73 Å². The fourth-order valence-electron chi connectivity index (χ4n) is 2.40. The highest BCUT2D eigenvalue weighted by Crippen LogP contribution is 2.16. The highest BCUT2D eigenvalue weighted by atomic mass is 15.1. The molecule has 1 unspecified atom stereocenters. The number of rotatable bonds is 7. The summed E-state index contributed by atoms with van der Waals surface area (Å²) in [7, 11) is 0. The number of likely N-dealkylation sites (tertiary alicyclic amines) is 1. The third-order valence-corrected chi connectivity index (χ3v) is 3.44. The first-order valence-corrected chi connectivity index (χ1v) is 6.29. The fraction of sp³-hybridized carbons (Fsp3) is 1.00. The van der Waals surface area contributed by atoms with Crippen LogP contribution in [0.3, 0.4) is 0 Å². The van der Waals surface area contributed by atoms with Crippen molar-refractivity contribution in [3.8, 4) is 0 Å². The second kappa shape index (κ2) is 7.24. The molecule has 0 aromatic heterocycles. The van der Waals surface area contributed by atoms with Crippen LogP contribution in [0, 0.1) is 5.92 Å². The van der Waals surface area contributed by atoms with E-state index in [0.29, 0.717) is 0 Å². The maximum Gasteiger partial charge on any atom is -0.00183 e. The van der Waals surface area contributed by atoms with Gasteiger partial charge in [-0.05, 0) is 64.2 Å². The van der Waals surface area contributed by atoms with Gasteiger partial charge in [0.2, 0.25) is 0 Å². The van der Waals surface area contributed by atoms with Crippen LogP contribution in [0.15, 0.2) is 0 Å². The molecule has 2 nitrogen and oxygen atoms in total. The van der Waals surface area contributed by atoms with E-state index in [1.165, 1.54) is 58.2 Å². The molecule has 2 N–H and O–H groups in total. The van der Waals surface area contributed by atoms with Gasteiger partial charge in [0.15, 0.2) is 0 Å². The van der Waals surface area contributed by atoms with Gasteiger partial charge in [-0.3, -0.25) is 0 Å². The first-order valence-electron chi connectivity index (χ1n) is 6.29. The normalized spacial score (nSPS) is 20.1. The molecule has 0 spiro atoms. The summed E-state index contributed by atoms with van der Waals surface area (Å²) in [6.45, 7) is 7.15. The minimum Gasteiger partial charge on any atom is -0.330 e. The molecule has 0 aliphatic carbocycles. The van der Waals surface area contributed by atoms with Gasteiger partial charge in [-0.2, -0.15) is 0 Å². The van der Waals surface area contributed by atoms with Crippen LogP contribution in [0.25, 0.3) is 0 Å². The molecular formula is C12H26N2. The molecular weight excluding hydrogens is 172 g/mol. The number of hydrogen-bond donors (Lipinski definition) is 1. The van der Waals surface area contributed by atoms with E-state index in [-0.39, 0.29) is 0 Å². The first kappa shape index (κ1) is 12.0. The molecule has 0 bridgehead atoms. The SMILES string of the molecule is CCC(CCN)CCCN1CCCC1. The van der Waals surface area contributed by atoms with Gasteiger partial charge < -0.3 is 10.6 Å². The average Bonchev–Trinajstić information content (AvgIpc) is 2.69. The van der Waals surface area contributed by atoms with Gasteiger partial charge in [-0.25, -0.2) is 0 Å². The van der Waals surface area contributed by atoms with Gasteiger partial charge in [-0.1, -0.05) is 13.3 Å². The fourth-order valence-corrected chi connectivity index (χ4v) is 2.40. The van der Waals surface area contributed by atoms with E-state index in [1.807, 2.05) is 0 Å². The Morgan fingerprint density at radius 3 is 2.50 bits per heavy atom. The van der Waals surface area contributed by atoms with Crippen LogP contribution >= 0.6 is 0 Å². The number of nitrogens with two attached hydrogens (primary N) is 1. The molecule has 0 aromatic rings. The van der Waals surface area contributed by atoms with Crippen molar-refractivity contribution in [1.29, 1.82) is 0 Å². The smallest absolute Gasteiger partial charge is 0.00183 e. The van der Waals surface area contributed by atoms with Gasteiger partial charge in [0, 0.05) is 0 Å². The molecule has 1 atom stereocenters. The molecule has 0 saturated carbocycles. The number of nitrogens with zero attached hydrogens (tertiary/aromatic N) is 1. The molecule has 1 fully saturated rings. The van der Waals surface area contributed by atoms with Crippen molar-refractivity contribution < 1.29 is 0 Å². The lowest BCUT2D eigenvalue weighted by molar-refractivity contribution is 0.309. The zero-order valence-electron chi connectivity index (χ0n) is 9.67. The summed E-state index contributed by atoms with van der Waals surface area (Å²) in [4.78, 5) is 2.61. The van der Waals surface area contributed by atoms with Crippen molar-refractivity contribution in [1.82, 2.24) is 4.90 Å². The Bertz CT molecular complexity index is 130. The van der Waals surface area contributed by atoms with E-state index in [4.69, 9.17) is 5.73 Å². The Balaban J connectivity index is 2.00.